The SMILES string of the molecule is O=C(CCS(=O)(=O)c1ccccc1)NC1CCC(Nc2ccnc3cc(Cl)ccc23)CC1. The Balaban J connectivity index is 1.26. The largest absolute Gasteiger partial charge is 0.382 e. The fourth-order valence-corrected chi connectivity index (χ4v) is 5.55. The van der Waals surface area contributed by atoms with Crippen LogP contribution in [0.2, 0.25) is 5.02 Å². The minimum absolute atomic E-state index is 0.0268. The van der Waals surface area contributed by atoms with Crippen LogP contribution in [0.4, 0.5) is 5.69 Å². The zero-order chi connectivity index (χ0) is 22.6. The number of pyridine rings is 1. The van der Waals surface area contributed by atoms with Gasteiger partial charge in [0.05, 0.1) is 16.2 Å². The van der Waals surface area contributed by atoms with Crippen molar-refractivity contribution in [2.24, 2.45) is 0 Å². The highest BCUT2D eigenvalue weighted by molar-refractivity contribution is 7.91. The van der Waals surface area contributed by atoms with E-state index >= 15 is 0 Å². The first kappa shape index (κ1) is 22.6. The number of benzene rings is 2. The molecule has 0 saturated heterocycles. The van der Waals surface area contributed by atoms with Crippen LogP contribution in [0, 0.1) is 0 Å². The Labute approximate surface area is 193 Å². The predicted molar refractivity (Wildman–Crippen MR) is 128 cm³/mol. The molecule has 2 N–H and O–H groups in total. The molecule has 32 heavy (non-hydrogen) atoms. The Morgan fingerprint density at radius 2 is 1.72 bits per heavy atom. The quantitative estimate of drug-likeness (QED) is 0.526. The van der Waals surface area contributed by atoms with Crippen LogP contribution in [0.15, 0.2) is 65.7 Å². The molecule has 3 aromatic rings. The molecule has 0 unspecified atom stereocenters. The molecule has 0 radical (unpaired) electrons. The van der Waals surface area contributed by atoms with E-state index in [1.54, 1.807) is 36.5 Å². The van der Waals surface area contributed by atoms with Gasteiger partial charge in [0.2, 0.25) is 5.91 Å². The molecule has 1 amide bonds. The Kier molecular flexibility index (Phi) is 6.96. The number of hydrogen-bond donors (Lipinski definition) is 2. The second-order valence-electron chi connectivity index (χ2n) is 8.16. The fraction of sp³-hybridized carbons (Fsp3) is 0.333. The summed E-state index contributed by atoms with van der Waals surface area (Å²) in [5.41, 5.74) is 1.89. The third-order valence-electron chi connectivity index (χ3n) is 5.86. The van der Waals surface area contributed by atoms with Crippen molar-refractivity contribution in [1.29, 1.82) is 0 Å². The summed E-state index contributed by atoms with van der Waals surface area (Å²) < 4.78 is 24.7. The number of anilines is 1. The van der Waals surface area contributed by atoms with E-state index in [1.807, 2.05) is 24.3 Å². The van der Waals surface area contributed by atoms with Gasteiger partial charge in [0.1, 0.15) is 0 Å². The normalized spacial score (nSPS) is 18.9. The topological polar surface area (TPSA) is 88.2 Å². The number of amides is 1. The number of hydrogen-bond acceptors (Lipinski definition) is 5. The zero-order valence-corrected chi connectivity index (χ0v) is 19.2. The van der Waals surface area contributed by atoms with Crippen molar-refractivity contribution in [2.75, 3.05) is 11.1 Å². The number of nitrogens with one attached hydrogen (secondary N) is 2. The summed E-state index contributed by atoms with van der Waals surface area (Å²) in [7, 11) is -3.44. The van der Waals surface area contributed by atoms with Crippen LogP contribution < -0.4 is 10.6 Å². The molecule has 6 nitrogen and oxygen atoms in total. The van der Waals surface area contributed by atoms with Crippen molar-refractivity contribution in [3.05, 3.63) is 65.8 Å². The summed E-state index contributed by atoms with van der Waals surface area (Å²) in [6.45, 7) is 0. The maximum absolute atomic E-state index is 12.4. The summed E-state index contributed by atoms with van der Waals surface area (Å²) in [5, 5.41) is 8.31. The van der Waals surface area contributed by atoms with Crippen LogP contribution in [-0.2, 0) is 14.6 Å². The van der Waals surface area contributed by atoms with Crippen LogP contribution in [0.25, 0.3) is 10.9 Å². The number of aromatic nitrogens is 1. The lowest BCUT2D eigenvalue weighted by Gasteiger charge is -2.30. The van der Waals surface area contributed by atoms with Gasteiger partial charge in [-0.25, -0.2) is 8.42 Å². The molecule has 0 atom stereocenters. The van der Waals surface area contributed by atoms with Gasteiger partial charge in [-0.3, -0.25) is 9.78 Å². The van der Waals surface area contributed by atoms with E-state index in [0.29, 0.717) is 11.1 Å². The Morgan fingerprint density at radius 3 is 2.47 bits per heavy atom. The van der Waals surface area contributed by atoms with E-state index in [-0.39, 0.29) is 29.0 Å². The first-order chi connectivity index (χ1) is 15.4. The van der Waals surface area contributed by atoms with Crippen molar-refractivity contribution < 1.29 is 13.2 Å². The van der Waals surface area contributed by atoms with Crippen LogP contribution in [0.5, 0.6) is 0 Å². The van der Waals surface area contributed by atoms with Gasteiger partial charge in [-0.05, 0) is 62.1 Å². The summed E-state index contributed by atoms with van der Waals surface area (Å²) in [6.07, 6.45) is 5.29. The highest BCUT2D eigenvalue weighted by atomic mass is 35.5. The van der Waals surface area contributed by atoms with Gasteiger partial charge in [-0.1, -0.05) is 29.8 Å². The molecule has 0 spiro atoms. The van der Waals surface area contributed by atoms with Gasteiger partial charge >= 0.3 is 0 Å². The number of fused-ring (bicyclic) bond motifs is 1. The van der Waals surface area contributed by atoms with Crippen LogP contribution in [0.3, 0.4) is 0 Å². The number of halogens is 1. The molecule has 0 aliphatic heterocycles. The minimum Gasteiger partial charge on any atom is -0.382 e. The standard InChI is InChI=1S/C24H26ClN3O3S/c25-17-6-11-21-22(12-14-26-23(21)16-17)27-18-7-9-19(10-8-18)28-24(29)13-15-32(30,31)20-4-2-1-3-5-20/h1-6,11-12,14,16,18-19H,7-10,13,15H2,(H,26,27)(H,28,29). The third kappa shape index (κ3) is 5.58. The van der Waals surface area contributed by atoms with E-state index in [2.05, 4.69) is 15.6 Å². The van der Waals surface area contributed by atoms with Crippen molar-refractivity contribution >= 4 is 43.9 Å². The summed E-state index contributed by atoms with van der Waals surface area (Å²) in [4.78, 5) is 17.0. The molecule has 8 heteroatoms. The van der Waals surface area contributed by atoms with E-state index in [0.717, 1.165) is 42.3 Å². The maximum atomic E-state index is 12.4. The van der Waals surface area contributed by atoms with Crippen LogP contribution in [-0.4, -0.2) is 37.1 Å². The molecule has 1 fully saturated rings. The average Bonchev–Trinajstić information content (AvgIpc) is 2.80. The number of nitrogens with zero attached hydrogens (tertiary/aromatic N) is 1. The molecule has 1 heterocycles. The molecular formula is C24H26ClN3O3S. The Bertz CT molecular complexity index is 1190. The van der Waals surface area contributed by atoms with E-state index in [9.17, 15) is 13.2 Å². The smallest absolute Gasteiger partial charge is 0.221 e. The van der Waals surface area contributed by atoms with Crippen molar-refractivity contribution in [2.45, 2.75) is 49.1 Å². The van der Waals surface area contributed by atoms with Gasteiger partial charge < -0.3 is 10.6 Å². The van der Waals surface area contributed by atoms with E-state index < -0.39 is 9.84 Å². The number of carbonyl (C=O) groups is 1. The van der Waals surface area contributed by atoms with Gasteiger partial charge in [0, 0.05) is 40.8 Å². The minimum atomic E-state index is -3.44. The molecule has 168 valence electrons. The molecule has 1 aliphatic rings. The summed E-state index contributed by atoms with van der Waals surface area (Å²) in [5.74, 6) is -0.392. The zero-order valence-electron chi connectivity index (χ0n) is 17.6. The second kappa shape index (κ2) is 9.88. The second-order valence-corrected chi connectivity index (χ2v) is 10.7. The van der Waals surface area contributed by atoms with E-state index in [1.165, 1.54) is 0 Å². The highest BCUT2D eigenvalue weighted by Crippen LogP contribution is 2.28. The lowest BCUT2D eigenvalue weighted by atomic mass is 9.90. The number of sulfone groups is 1. The summed E-state index contributed by atoms with van der Waals surface area (Å²) >= 11 is 6.07. The predicted octanol–water partition coefficient (Wildman–Crippen LogP) is 4.59. The van der Waals surface area contributed by atoms with Crippen molar-refractivity contribution in [3.8, 4) is 0 Å². The monoisotopic (exact) mass is 471 g/mol. The van der Waals surface area contributed by atoms with Gasteiger partial charge in [0.15, 0.2) is 9.84 Å². The average molecular weight is 472 g/mol. The molecule has 1 saturated carbocycles. The third-order valence-corrected chi connectivity index (χ3v) is 7.82. The first-order valence-electron chi connectivity index (χ1n) is 10.8. The van der Waals surface area contributed by atoms with Crippen molar-refractivity contribution in [1.82, 2.24) is 10.3 Å². The van der Waals surface area contributed by atoms with Crippen LogP contribution >= 0.6 is 11.6 Å². The van der Waals surface area contributed by atoms with Crippen LogP contribution in [0.1, 0.15) is 32.1 Å². The Hall–Kier alpha value is -2.64. The molecular weight excluding hydrogens is 446 g/mol. The first-order valence-corrected chi connectivity index (χ1v) is 12.8. The lowest BCUT2D eigenvalue weighted by molar-refractivity contribution is -0.121. The number of carbonyl (C=O) groups excluding carboxylic acids is 1. The highest BCUT2D eigenvalue weighted by Gasteiger charge is 2.24. The summed E-state index contributed by atoms with van der Waals surface area (Å²) in [6, 6.07) is 16.3. The molecule has 0 bridgehead atoms. The van der Waals surface area contributed by atoms with E-state index in [4.69, 9.17) is 11.6 Å². The lowest BCUT2D eigenvalue weighted by Crippen LogP contribution is -2.40. The van der Waals surface area contributed by atoms with Gasteiger partial charge in [0.25, 0.3) is 0 Å². The molecule has 4 rings (SSSR count). The Morgan fingerprint density at radius 1 is 1.00 bits per heavy atom. The maximum Gasteiger partial charge on any atom is 0.221 e. The molecule has 1 aromatic heterocycles. The molecule has 1 aliphatic carbocycles. The number of rotatable bonds is 7. The fourth-order valence-electron chi connectivity index (χ4n) is 4.12. The van der Waals surface area contributed by atoms with Gasteiger partial charge in [-0.15, -0.1) is 0 Å². The van der Waals surface area contributed by atoms with Crippen molar-refractivity contribution in [3.63, 3.8) is 0 Å². The van der Waals surface area contributed by atoms with Gasteiger partial charge in [-0.2, -0.15) is 0 Å². The molecule has 2 aromatic carbocycles.